The van der Waals surface area contributed by atoms with Gasteiger partial charge >= 0.3 is 0 Å². The van der Waals surface area contributed by atoms with Crippen molar-refractivity contribution in [1.82, 2.24) is 5.32 Å². The summed E-state index contributed by atoms with van der Waals surface area (Å²) in [6, 6.07) is 6.45. The highest BCUT2D eigenvalue weighted by Crippen LogP contribution is 2.35. The van der Waals surface area contributed by atoms with E-state index in [0.717, 1.165) is 16.8 Å². The van der Waals surface area contributed by atoms with Gasteiger partial charge in [0.15, 0.2) is 0 Å². The minimum absolute atomic E-state index is 0.0270. The molecule has 1 amide bonds. The molecule has 1 aromatic rings. The van der Waals surface area contributed by atoms with Crippen molar-refractivity contribution in [2.45, 2.75) is 58.9 Å². The topological polar surface area (TPSA) is 41.1 Å². The van der Waals surface area contributed by atoms with Crippen LogP contribution in [0.2, 0.25) is 0 Å². The fourth-order valence-corrected chi connectivity index (χ4v) is 3.14. The molecule has 0 bridgehead atoms. The van der Waals surface area contributed by atoms with E-state index in [1.807, 2.05) is 18.2 Å². The van der Waals surface area contributed by atoms with Crippen molar-refractivity contribution in [3.8, 4) is 0 Å². The number of nitrogens with one attached hydrogen (secondary N) is 2. The highest BCUT2D eigenvalue weighted by atomic mass is 16.1. The second-order valence-corrected chi connectivity index (χ2v) is 7.05. The third-order valence-electron chi connectivity index (χ3n) is 4.65. The molecule has 3 heteroatoms. The summed E-state index contributed by atoms with van der Waals surface area (Å²) in [5.41, 5.74) is 3.50. The van der Waals surface area contributed by atoms with E-state index in [-0.39, 0.29) is 5.91 Å². The van der Waals surface area contributed by atoms with Gasteiger partial charge < -0.3 is 10.6 Å². The lowest BCUT2D eigenvalue weighted by molar-refractivity contribution is 0.0963. The molecule has 0 aliphatic heterocycles. The maximum absolute atomic E-state index is 11.7. The van der Waals surface area contributed by atoms with Crippen LogP contribution < -0.4 is 10.6 Å². The van der Waals surface area contributed by atoms with Gasteiger partial charge in [-0.25, -0.2) is 0 Å². The molecule has 21 heavy (non-hydrogen) atoms. The largest absolute Gasteiger partial charge is 0.382 e. The lowest BCUT2D eigenvalue weighted by Crippen LogP contribution is -2.21. The minimum atomic E-state index is -0.0270. The molecule has 0 radical (unpaired) electrons. The Morgan fingerprint density at radius 2 is 2.00 bits per heavy atom. The number of anilines is 1. The van der Waals surface area contributed by atoms with E-state index in [1.165, 1.54) is 32.1 Å². The monoisotopic (exact) mass is 288 g/mol. The van der Waals surface area contributed by atoms with Crippen molar-refractivity contribution < 1.29 is 4.79 Å². The van der Waals surface area contributed by atoms with Gasteiger partial charge in [0.05, 0.1) is 0 Å². The number of aryl methyl sites for hydroxylation is 1. The van der Waals surface area contributed by atoms with Crippen LogP contribution in [0.1, 0.15) is 61.9 Å². The summed E-state index contributed by atoms with van der Waals surface area (Å²) < 4.78 is 0. The van der Waals surface area contributed by atoms with Gasteiger partial charge in [-0.2, -0.15) is 0 Å². The normalized spacial score (nSPS) is 21.4. The molecule has 0 heterocycles. The summed E-state index contributed by atoms with van der Waals surface area (Å²) >= 11 is 0. The molecule has 1 unspecified atom stereocenters. The molecule has 1 aliphatic rings. The summed E-state index contributed by atoms with van der Waals surface area (Å²) in [4.78, 5) is 11.7. The molecule has 3 nitrogen and oxygen atoms in total. The van der Waals surface area contributed by atoms with Gasteiger partial charge in [0, 0.05) is 24.3 Å². The number of hydrogen-bond donors (Lipinski definition) is 2. The standard InChI is InChI=1S/C18H28N2O/c1-13-12-14(17(21)19-4)7-8-16(13)20-15-6-5-10-18(2,3)11-9-15/h7-8,12,15,20H,5-6,9-11H2,1-4H3,(H,19,21). The highest BCUT2D eigenvalue weighted by molar-refractivity contribution is 5.94. The second-order valence-electron chi connectivity index (χ2n) is 7.05. The van der Waals surface area contributed by atoms with Crippen molar-refractivity contribution in [2.24, 2.45) is 5.41 Å². The van der Waals surface area contributed by atoms with Crippen LogP contribution in [0.5, 0.6) is 0 Å². The van der Waals surface area contributed by atoms with Gasteiger partial charge in [0.25, 0.3) is 5.91 Å². The molecule has 0 aromatic heterocycles. The molecule has 0 saturated heterocycles. The van der Waals surface area contributed by atoms with Crippen molar-refractivity contribution in [2.75, 3.05) is 12.4 Å². The van der Waals surface area contributed by atoms with E-state index in [9.17, 15) is 4.79 Å². The first-order chi connectivity index (χ1) is 9.91. The number of amides is 1. The Bertz CT molecular complexity index is 508. The smallest absolute Gasteiger partial charge is 0.251 e. The summed E-state index contributed by atoms with van der Waals surface area (Å²) in [5, 5.41) is 6.35. The molecule has 1 fully saturated rings. The zero-order valence-electron chi connectivity index (χ0n) is 13.8. The Morgan fingerprint density at radius 3 is 2.67 bits per heavy atom. The molecule has 1 aromatic carbocycles. The Hall–Kier alpha value is -1.51. The first-order valence-corrected chi connectivity index (χ1v) is 8.00. The van der Waals surface area contributed by atoms with Gasteiger partial charge in [-0.05, 0) is 61.8 Å². The molecule has 0 spiro atoms. The zero-order chi connectivity index (χ0) is 15.5. The number of carbonyl (C=O) groups excluding carboxylic acids is 1. The second kappa shape index (κ2) is 6.50. The summed E-state index contributed by atoms with van der Waals surface area (Å²) in [7, 11) is 1.66. The number of benzene rings is 1. The van der Waals surface area contributed by atoms with Crippen LogP contribution in [0.25, 0.3) is 0 Å². The van der Waals surface area contributed by atoms with E-state index < -0.39 is 0 Å². The van der Waals surface area contributed by atoms with Crippen molar-refractivity contribution >= 4 is 11.6 Å². The molecule has 1 aliphatic carbocycles. The Kier molecular flexibility index (Phi) is 4.92. The Labute approximate surface area is 128 Å². The highest BCUT2D eigenvalue weighted by Gasteiger charge is 2.24. The minimum Gasteiger partial charge on any atom is -0.382 e. The van der Waals surface area contributed by atoms with Crippen LogP contribution in [0.3, 0.4) is 0 Å². The van der Waals surface area contributed by atoms with E-state index in [4.69, 9.17) is 0 Å². The first-order valence-electron chi connectivity index (χ1n) is 8.00. The summed E-state index contributed by atoms with van der Waals surface area (Å²) in [6.07, 6.45) is 6.35. The molecule has 2 N–H and O–H groups in total. The predicted molar refractivity (Wildman–Crippen MR) is 88.8 cm³/mol. The average Bonchev–Trinajstić information content (AvgIpc) is 2.61. The van der Waals surface area contributed by atoms with Crippen molar-refractivity contribution in [1.29, 1.82) is 0 Å². The molecule has 2 rings (SSSR count). The molecule has 1 atom stereocenters. The average molecular weight is 288 g/mol. The fourth-order valence-electron chi connectivity index (χ4n) is 3.14. The lowest BCUT2D eigenvalue weighted by Gasteiger charge is -2.23. The fraction of sp³-hybridized carbons (Fsp3) is 0.611. The molecular formula is C18H28N2O. The van der Waals surface area contributed by atoms with Gasteiger partial charge in [-0.3, -0.25) is 4.79 Å². The van der Waals surface area contributed by atoms with Crippen LogP contribution in [-0.4, -0.2) is 19.0 Å². The van der Waals surface area contributed by atoms with Gasteiger partial charge in [-0.1, -0.05) is 20.3 Å². The SMILES string of the molecule is CNC(=O)c1ccc(NC2CCCC(C)(C)CC2)c(C)c1. The summed E-state index contributed by atoms with van der Waals surface area (Å²) in [5.74, 6) is -0.0270. The van der Waals surface area contributed by atoms with Gasteiger partial charge in [-0.15, -0.1) is 0 Å². The van der Waals surface area contributed by atoms with Gasteiger partial charge in [0.1, 0.15) is 0 Å². The lowest BCUT2D eigenvalue weighted by atomic mass is 9.85. The predicted octanol–water partition coefficient (Wildman–Crippen LogP) is 4.13. The van der Waals surface area contributed by atoms with E-state index in [0.29, 0.717) is 11.5 Å². The Morgan fingerprint density at radius 1 is 1.24 bits per heavy atom. The Balaban J connectivity index is 2.04. The van der Waals surface area contributed by atoms with Crippen LogP contribution >= 0.6 is 0 Å². The zero-order valence-corrected chi connectivity index (χ0v) is 13.8. The molecule has 1 saturated carbocycles. The number of carbonyl (C=O) groups is 1. The van der Waals surface area contributed by atoms with Crippen LogP contribution in [-0.2, 0) is 0 Å². The van der Waals surface area contributed by atoms with E-state index >= 15 is 0 Å². The molecular weight excluding hydrogens is 260 g/mol. The van der Waals surface area contributed by atoms with Crippen molar-refractivity contribution in [3.63, 3.8) is 0 Å². The first kappa shape index (κ1) is 15.9. The third-order valence-corrected chi connectivity index (χ3v) is 4.65. The number of hydrogen-bond acceptors (Lipinski definition) is 2. The maximum Gasteiger partial charge on any atom is 0.251 e. The van der Waals surface area contributed by atoms with Crippen LogP contribution in [0, 0.1) is 12.3 Å². The van der Waals surface area contributed by atoms with E-state index in [1.54, 1.807) is 7.05 Å². The molecule has 116 valence electrons. The third kappa shape index (κ3) is 4.23. The maximum atomic E-state index is 11.7. The van der Waals surface area contributed by atoms with Crippen LogP contribution in [0.4, 0.5) is 5.69 Å². The number of rotatable bonds is 3. The van der Waals surface area contributed by atoms with Gasteiger partial charge in [0.2, 0.25) is 0 Å². The van der Waals surface area contributed by atoms with Crippen molar-refractivity contribution in [3.05, 3.63) is 29.3 Å². The summed E-state index contributed by atoms with van der Waals surface area (Å²) in [6.45, 7) is 6.81. The van der Waals surface area contributed by atoms with Crippen LogP contribution in [0.15, 0.2) is 18.2 Å². The quantitative estimate of drug-likeness (QED) is 0.821. The van der Waals surface area contributed by atoms with E-state index in [2.05, 4.69) is 31.4 Å².